The Kier molecular flexibility index (Phi) is 5.53. The minimum Gasteiger partial charge on any atom is -0.340 e. The van der Waals surface area contributed by atoms with Gasteiger partial charge in [0.15, 0.2) is 0 Å². The summed E-state index contributed by atoms with van der Waals surface area (Å²) in [5, 5.41) is 1.01. The van der Waals surface area contributed by atoms with E-state index in [-0.39, 0.29) is 37.1 Å². The summed E-state index contributed by atoms with van der Waals surface area (Å²) < 4.78 is 28.7. The lowest BCUT2D eigenvalue weighted by atomic mass is 10.1. The van der Waals surface area contributed by atoms with Crippen LogP contribution in [0.4, 0.5) is 8.78 Å². The maximum Gasteiger partial charge on any atom is 0.123 e. The highest BCUT2D eigenvalue weighted by atomic mass is 35.5. The average Bonchev–Trinajstić information content (AvgIpc) is 2.87. The summed E-state index contributed by atoms with van der Waals surface area (Å²) >= 11 is 0. The fourth-order valence-electron chi connectivity index (χ4n) is 2.59. The van der Waals surface area contributed by atoms with E-state index in [0.29, 0.717) is 0 Å². The van der Waals surface area contributed by atoms with Gasteiger partial charge in [-0.2, -0.15) is 0 Å². The maximum atomic E-state index is 13.8. The van der Waals surface area contributed by atoms with Gasteiger partial charge in [0, 0.05) is 29.2 Å². The maximum absolute atomic E-state index is 13.8. The zero-order chi connectivity index (χ0) is 15.5. The molecule has 0 bridgehead atoms. The fraction of sp³-hybridized carbons (Fsp3) is 0.111. The van der Waals surface area contributed by atoms with Crippen LogP contribution in [-0.2, 0) is 6.54 Å². The highest BCUT2D eigenvalue weighted by Gasteiger charge is 2.11. The first-order chi connectivity index (χ1) is 10.7. The predicted octanol–water partition coefficient (Wildman–Crippen LogP) is 4.68. The summed E-state index contributed by atoms with van der Waals surface area (Å²) in [6, 6.07) is 14.1. The van der Waals surface area contributed by atoms with Crippen molar-refractivity contribution in [2.75, 3.05) is 6.54 Å². The van der Waals surface area contributed by atoms with E-state index in [1.54, 1.807) is 12.1 Å². The van der Waals surface area contributed by atoms with E-state index in [9.17, 15) is 8.78 Å². The number of hydrogen-bond acceptors (Lipinski definition) is 1. The van der Waals surface area contributed by atoms with Gasteiger partial charge in [-0.15, -0.1) is 12.4 Å². The highest BCUT2D eigenvalue weighted by Crippen LogP contribution is 2.31. The molecule has 0 radical (unpaired) electrons. The summed E-state index contributed by atoms with van der Waals surface area (Å²) in [6.07, 6.45) is 3.26. The van der Waals surface area contributed by atoms with E-state index in [4.69, 9.17) is 5.73 Å². The molecule has 120 valence electrons. The van der Waals surface area contributed by atoms with Gasteiger partial charge < -0.3 is 10.3 Å². The molecule has 0 aliphatic heterocycles. The van der Waals surface area contributed by atoms with Crippen LogP contribution in [0.25, 0.3) is 22.0 Å². The van der Waals surface area contributed by atoms with Crippen molar-refractivity contribution >= 4 is 23.3 Å². The second-order valence-corrected chi connectivity index (χ2v) is 5.08. The fourth-order valence-corrected chi connectivity index (χ4v) is 2.59. The molecule has 0 saturated heterocycles. The molecule has 0 amide bonds. The number of nitrogens with zero attached hydrogens (tertiary/aromatic N) is 1. The number of halogens is 3. The Bertz CT molecular complexity index is 823. The zero-order valence-corrected chi connectivity index (χ0v) is 13.2. The first kappa shape index (κ1) is 17.2. The SMILES string of the molecule is Cl.NC/C=C(\F)Cn1cc(-c2ccc(F)cc2)c2ccccc21. The number of fused-ring (bicyclic) bond motifs is 1. The molecule has 2 nitrogen and oxygen atoms in total. The molecule has 0 aliphatic rings. The van der Waals surface area contributed by atoms with Crippen molar-refractivity contribution in [3.8, 4) is 11.1 Å². The summed E-state index contributed by atoms with van der Waals surface area (Å²) in [5.74, 6) is -0.543. The van der Waals surface area contributed by atoms with Gasteiger partial charge in [-0.1, -0.05) is 30.3 Å². The van der Waals surface area contributed by atoms with Gasteiger partial charge >= 0.3 is 0 Å². The minimum absolute atomic E-state index is 0. The van der Waals surface area contributed by atoms with Crippen LogP contribution in [0.5, 0.6) is 0 Å². The third-order valence-electron chi connectivity index (χ3n) is 3.60. The molecular weight excluding hydrogens is 318 g/mol. The van der Waals surface area contributed by atoms with Gasteiger partial charge in [-0.3, -0.25) is 0 Å². The lowest BCUT2D eigenvalue weighted by Crippen LogP contribution is -2.00. The van der Waals surface area contributed by atoms with E-state index < -0.39 is 0 Å². The summed E-state index contributed by atoms with van der Waals surface area (Å²) in [7, 11) is 0. The number of allylic oxidation sites excluding steroid dienone is 1. The Balaban J connectivity index is 0.00000192. The third kappa shape index (κ3) is 3.60. The van der Waals surface area contributed by atoms with Crippen LogP contribution >= 0.6 is 12.4 Å². The first-order valence-corrected chi connectivity index (χ1v) is 7.07. The van der Waals surface area contributed by atoms with Crippen LogP contribution in [-0.4, -0.2) is 11.1 Å². The number of benzene rings is 2. The van der Waals surface area contributed by atoms with Crippen molar-refractivity contribution in [1.29, 1.82) is 0 Å². The van der Waals surface area contributed by atoms with Crippen LogP contribution in [0.3, 0.4) is 0 Å². The van der Waals surface area contributed by atoms with E-state index in [0.717, 1.165) is 22.0 Å². The molecule has 2 N–H and O–H groups in total. The molecule has 0 spiro atoms. The molecule has 0 saturated carbocycles. The van der Waals surface area contributed by atoms with Crippen LogP contribution in [0.15, 0.2) is 66.6 Å². The monoisotopic (exact) mass is 334 g/mol. The Morgan fingerprint density at radius 3 is 2.48 bits per heavy atom. The second-order valence-electron chi connectivity index (χ2n) is 5.08. The number of rotatable bonds is 4. The van der Waals surface area contributed by atoms with Gasteiger partial charge in [0.05, 0.1) is 6.54 Å². The molecule has 3 rings (SSSR count). The molecule has 0 atom stereocenters. The van der Waals surface area contributed by atoms with Gasteiger partial charge in [-0.25, -0.2) is 8.78 Å². The largest absolute Gasteiger partial charge is 0.340 e. The number of hydrogen-bond donors (Lipinski definition) is 1. The predicted molar refractivity (Wildman–Crippen MR) is 92.8 cm³/mol. The zero-order valence-electron chi connectivity index (χ0n) is 12.4. The Morgan fingerprint density at radius 1 is 1.09 bits per heavy atom. The standard InChI is InChI=1S/C18H16F2N2.ClH/c19-14-7-5-13(6-8-14)17-12-22(11-15(20)9-10-21)18-4-2-1-3-16(17)18;/h1-9,12H,10-11,21H2;1H/b15-9-;. The molecule has 1 heterocycles. The van der Waals surface area contributed by atoms with Crippen LogP contribution in [0.1, 0.15) is 0 Å². The number of para-hydroxylation sites is 1. The Morgan fingerprint density at radius 2 is 1.78 bits per heavy atom. The van der Waals surface area contributed by atoms with Crippen molar-refractivity contribution in [1.82, 2.24) is 4.57 Å². The molecule has 0 aliphatic carbocycles. The molecule has 0 fully saturated rings. The summed E-state index contributed by atoms with van der Waals surface area (Å²) in [4.78, 5) is 0. The lowest BCUT2D eigenvalue weighted by molar-refractivity contribution is 0.560. The van der Waals surface area contributed by atoms with Crippen molar-refractivity contribution in [2.24, 2.45) is 5.73 Å². The third-order valence-corrected chi connectivity index (χ3v) is 3.60. The van der Waals surface area contributed by atoms with Crippen molar-refractivity contribution in [2.45, 2.75) is 6.54 Å². The summed E-state index contributed by atoms with van der Waals surface area (Å²) in [5.41, 5.74) is 8.13. The molecule has 3 aromatic rings. The Labute approximate surface area is 139 Å². The first-order valence-electron chi connectivity index (χ1n) is 7.07. The molecule has 2 aromatic carbocycles. The van der Waals surface area contributed by atoms with E-state index in [2.05, 4.69) is 0 Å². The smallest absolute Gasteiger partial charge is 0.123 e. The number of nitrogens with two attached hydrogens (primary N) is 1. The van der Waals surface area contributed by atoms with Gasteiger partial charge in [0.25, 0.3) is 0 Å². The molecule has 5 heteroatoms. The molecule has 1 aromatic heterocycles. The van der Waals surface area contributed by atoms with Gasteiger partial charge in [-0.05, 0) is 29.8 Å². The number of aromatic nitrogens is 1. The molecular formula is C18H17ClF2N2. The minimum atomic E-state index is -0.274. The van der Waals surface area contributed by atoms with Gasteiger partial charge in [0.1, 0.15) is 11.6 Å². The Hall–Kier alpha value is -2.17. The quantitative estimate of drug-likeness (QED) is 0.737. The average molecular weight is 335 g/mol. The van der Waals surface area contributed by atoms with Crippen LogP contribution in [0, 0.1) is 5.82 Å². The van der Waals surface area contributed by atoms with E-state index in [1.807, 2.05) is 35.0 Å². The second kappa shape index (κ2) is 7.40. The van der Waals surface area contributed by atoms with Crippen molar-refractivity contribution < 1.29 is 8.78 Å². The van der Waals surface area contributed by atoms with Crippen molar-refractivity contribution in [3.63, 3.8) is 0 Å². The van der Waals surface area contributed by atoms with E-state index in [1.165, 1.54) is 18.2 Å². The van der Waals surface area contributed by atoms with Crippen LogP contribution in [0.2, 0.25) is 0 Å². The van der Waals surface area contributed by atoms with Crippen molar-refractivity contribution in [3.05, 3.63) is 72.4 Å². The normalized spacial score (nSPS) is 11.5. The highest BCUT2D eigenvalue weighted by molar-refractivity contribution is 5.96. The van der Waals surface area contributed by atoms with Crippen LogP contribution < -0.4 is 5.73 Å². The molecule has 23 heavy (non-hydrogen) atoms. The molecule has 0 unspecified atom stereocenters. The topological polar surface area (TPSA) is 30.9 Å². The van der Waals surface area contributed by atoms with Gasteiger partial charge in [0.2, 0.25) is 0 Å². The summed E-state index contributed by atoms with van der Waals surface area (Å²) in [6.45, 7) is 0.314. The lowest BCUT2D eigenvalue weighted by Gasteiger charge is -2.02. The van der Waals surface area contributed by atoms with E-state index >= 15 is 0 Å².